The van der Waals surface area contributed by atoms with Crippen LogP contribution in [0.1, 0.15) is 56.3 Å². The van der Waals surface area contributed by atoms with Crippen LogP contribution in [0.5, 0.6) is 0 Å². The second kappa shape index (κ2) is 9.88. The summed E-state index contributed by atoms with van der Waals surface area (Å²) in [6.07, 6.45) is 0.973. The van der Waals surface area contributed by atoms with Gasteiger partial charge < -0.3 is 15.3 Å². The van der Waals surface area contributed by atoms with Gasteiger partial charge in [0.2, 0.25) is 11.8 Å². The molecule has 0 unspecified atom stereocenters. The molecular formula is C25H32N2O3S. The standard InChI is InChI=1S/C25H32N2O3S/c1-5-14-26-24(30)25(31-21-12-6-18(4)7-13-21)15-22(29)27(17(2)3)23(25)20-10-8-19(16-28)9-11-20/h6-13,17,23,28H,5,14-16H2,1-4H3,(H,26,30)/t23-,25-/m1/s1. The predicted octanol–water partition coefficient (Wildman–Crippen LogP) is 4.23. The van der Waals surface area contributed by atoms with Crippen LogP contribution >= 0.6 is 11.8 Å². The molecule has 2 aromatic rings. The number of benzene rings is 2. The van der Waals surface area contributed by atoms with Crippen LogP contribution in [-0.4, -0.2) is 39.2 Å². The number of aliphatic hydroxyl groups is 1. The summed E-state index contributed by atoms with van der Waals surface area (Å²) in [5.74, 6) is -0.120. The van der Waals surface area contributed by atoms with Gasteiger partial charge in [-0.2, -0.15) is 0 Å². The van der Waals surface area contributed by atoms with Gasteiger partial charge in [-0.1, -0.05) is 48.9 Å². The Morgan fingerprint density at radius 2 is 1.84 bits per heavy atom. The van der Waals surface area contributed by atoms with Crippen LogP contribution in [0, 0.1) is 6.92 Å². The Morgan fingerprint density at radius 3 is 2.39 bits per heavy atom. The van der Waals surface area contributed by atoms with E-state index in [0.29, 0.717) is 6.54 Å². The molecule has 1 fully saturated rings. The highest BCUT2D eigenvalue weighted by molar-refractivity contribution is 8.01. The van der Waals surface area contributed by atoms with Gasteiger partial charge in [0, 0.05) is 17.5 Å². The van der Waals surface area contributed by atoms with Gasteiger partial charge in [-0.15, -0.1) is 11.8 Å². The molecule has 0 bridgehead atoms. The van der Waals surface area contributed by atoms with Crippen molar-refractivity contribution < 1.29 is 14.7 Å². The van der Waals surface area contributed by atoms with E-state index in [1.807, 2.05) is 81.1 Å². The van der Waals surface area contributed by atoms with Crippen LogP contribution in [0.25, 0.3) is 0 Å². The van der Waals surface area contributed by atoms with Crippen LogP contribution < -0.4 is 5.32 Å². The molecule has 3 rings (SSSR count). The lowest BCUT2D eigenvalue weighted by atomic mass is 9.90. The molecule has 2 atom stereocenters. The van der Waals surface area contributed by atoms with E-state index in [4.69, 9.17) is 0 Å². The Labute approximate surface area is 189 Å². The summed E-state index contributed by atoms with van der Waals surface area (Å²) in [7, 11) is 0. The van der Waals surface area contributed by atoms with E-state index in [2.05, 4.69) is 5.32 Å². The molecule has 2 N–H and O–H groups in total. The van der Waals surface area contributed by atoms with E-state index in [1.54, 1.807) is 0 Å². The second-order valence-electron chi connectivity index (χ2n) is 8.43. The Bertz CT molecular complexity index is 911. The maximum Gasteiger partial charge on any atom is 0.239 e. The van der Waals surface area contributed by atoms with Crippen LogP contribution in [0.4, 0.5) is 0 Å². The Morgan fingerprint density at radius 1 is 1.19 bits per heavy atom. The highest BCUT2D eigenvalue weighted by atomic mass is 32.2. The first kappa shape index (κ1) is 23.4. The number of carbonyl (C=O) groups is 2. The Kier molecular flexibility index (Phi) is 7.44. The summed E-state index contributed by atoms with van der Waals surface area (Å²) >= 11 is 1.48. The van der Waals surface area contributed by atoms with E-state index in [-0.39, 0.29) is 30.9 Å². The largest absolute Gasteiger partial charge is 0.392 e. The molecule has 5 nitrogen and oxygen atoms in total. The quantitative estimate of drug-likeness (QED) is 0.645. The van der Waals surface area contributed by atoms with Gasteiger partial charge in [0.25, 0.3) is 0 Å². The molecule has 6 heteroatoms. The van der Waals surface area contributed by atoms with Gasteiger partial charge in [-0.05, 0) is 50.5 Å². The first-order chi connectivity index (χ1) is 14.8. The number of hydrogen-bond acceptors (Lipinski definition) is 4. The van der Waals surface area contributed by atoms with Gasteiger partial charge in [0.05, 0.1) is 19.1 Å². The fraction of sp³-hybridized carbons (Fsp3) is 0.440. The first-order valence-electron chi connectivity index (χ1n) is 10.9. The topological polar surface area (TPSA) is 69.6 Å². The zero-order valence-electron chi connectivity index (χ0n) is 18.7. The van der Waals surface area contributed by atoms with Crippen molar-refractivity contribution in [3.63, 3.8) is 0 Å². The number of nitrogens with zero attached hydrogens (tertiary/aromatic N) is 1. The number of aryl methyl sites for hydroxylation is 1. The Hall–Kier alpha value is -2.31. The average molecular weight is 441 g/mol. The normalized spacial score (nSPS) is 21.0. The smallest absolute Gasteiger partial charge is 0.239 e. The summed E-state index contributed by atoms with van der Waals surface area (Å²) in [4.78, 5) is 29.7. The number of nitrogens with one attached hydrogen (secondary N) is 1. The molecule has 1 aliphatic rings. The number of rotatable bonds is 8. The molecule has 0 aromatic heterocycles. The highest BCUT2D eigenvalue weighted by Gasteiger charge is 2.58. The fourth-order valence-corrected chi connectivity index (χ4v) is 5.56. The van der Waals surface area contributed by atoms with Crippen LogP contribution in [0.3, 0.4) is 0 Å². The van der Waals surface area contributed by atoms with Crippen molar-refractivity contribution in [1.82, 2.24) is 10.2 Å². The fourth-order valence-electron chi connectivity index (χ4n) is 4.15. The van der Waals surface area contributed by atoms with E-state index < -0.39 is 10.8 Å². The van der Waals surface area contributed by atoms with E-state index in [0.717, 1.165) is 28.0 Å². The number of amides is 2. The number of hydrogen-bond donors (Lipinski definition) is 2. The van der Waals surface area contributed by atoms with Gasteiger partial charge >= 0.3 is 0 Å². The van der Waals surface area contributed by atoms with Gasteiger partial charge in [0.15, 0.2) is 0 Å². The SMILES string of the molecule is CCCNC(=O)[C@@]1(Sc2ccc(C)cc2)CC(=O)N(C(C)C)[C@@H]1c1ccc(CO)cc1. The molecule has 166 valence electrons. The molecular weight excluding hydrogens is 408 g/mol. The van der Waals surface area contributed by atoms with Crippen molar-refractivity contribution in [2.45, 2.75) is 68.9 Å². The minimum atomic E-state index is -0.980. The van der Waals surface area contributed by atoms with Crippen molar-refractivity contribution >= 4 is 23.6 Å². The average Bonchev–Trinajstić information content (AvgIpc) is 3.06. The lowest BCUT2D eigenvalue weighted by Gasteiger charge is -2.38. The molecule has 1 saturated heterocycles. The second-order valence-corrected chi connectivity index (χ2v) is 9.84. The lowest BCUT2D eigenvalue weighted by Crippen LogP contribution is -2.49. The number of carbonyl (C=O) groups excluding carboxylic acids is 2. The molecule has 0 saturated carbocycles. The zero-order chi connectivity index (χ0) is 22.6. The van der Waals surface area contributed by atoms with Crippen molar-refractivity contribution in [1.29, 1.82) is 0 Å². The summed E-state index contributed by atoms with van der Waals surface area (Å²) < 4.78 is -0.980. The van der Waals surface area contributed by atoms with Gasteiger partial charge in [0.1, 0.15) is 4.75 Å². The summed E-state index contributed by atoms with van der Waals surface area (Å²) in [6, 6.07) is 15.2. The van der Waals surface area contributed by atoms with Crippen molar-refractivity contribution in [2.24, 2.45) is 0 Å². The van der Waals surface area contributed by atoms with Crippen LogP contribution in [0.2, 0.25) is 0 Å². The van der Waals surface area contributed by atoms with Crippen LogP contribution in [0.15, 0.2) is 53.4 Å². The third kappa shape index (κ3) is 4.80. The van der Waals surface area contributed by atoms with Crippen molar-refractivity contribution in [3.8, 4) is 0 Å². The van der Waals surface area contributed by atoms with E-state index >= 15 is 0 Å². The summed E-state index contributed by atoms with van der Waals surface area (Å²) in [5, 5.41) is 12.5. The first-order valence-corrected chi connectivity index (χ1v) is 11.7. The van der Waals surface area contributed by atoms with Crippen molar-refractivity contribution in [3.05, 3.63) is 65.2 Å². The third-order valence-corrected chi connectivity index (χ3v) is 7.12. The number of likely N-dealkylation sites (tertiary alicyclic amines) is 1. The van der Waals surface area contributed by atoms with E-state index in [1.165, 1.54) is 11.8 Å². The maximum absolute atomic E-state index is 13.7. The highest BCUT2D eigenvalue weighted by Crippen LogP contribution is 2.53. The number of thioether (sulfide) groups is 1. The maximum atomic E-state index is 13.7. The van der Waals surface area contributed by atoms with Gasteiger partial charge in [-0.25, -0.2) is 0 Å². The summed E-state index contributed by atoms with van der Waals surface area (Å²) in [6.45, 7) is 8.56. The minimum absolute atomic E-state index is 0.0162. The molecule has 2 amide bonds. The molecule has 1 aliphatic heterocycles. The van der Waals surface area contributed by atoms with E-state index in [9.17, 15) is 14.7 Å². The minimum Gasteiger partial charge on any atom is -0.392 e. The number of aliphatic hydroxyl groups excluding tert-OH is 1. The molecule has 2 aromatic carbocycles. The predicted molar refractivity (Wildman–Crippen MR) is 125 cm³/mol. The van der Waals surface area contributed by atoms with Gasteiger partial charge in [-0.3, -0.25) is 9.59 Å². The zero-order valence-corrected chi connectivity index (χ0v) is 19.5. The molecule has 31 heavy (non-hydrogen) atoms. The molecule has 0 spiro atoms. The molecule has 1 heterocycles. The summed E-state index contributed by atoms with van der Waals surface area (Å²) in [5.41, 5.74) is 2.86. The lowest BCUT2D eigenvalue weighted by molar-refractivity contribution is -0.130. The van der Waals surface area contributed by atoms with Crippen molar-refractivity contribution in [2.75, 3.05) is 6.54 Å². The van der Waals surface area contributed by atoms with Crippen LogP contribution in [-0.2, 0) is 16.2 Å². The Balaban J connectivity index is 2.14. The third-order valence-electron chi connectivity index (χ3n) is 5.70. The molecule has 0 radical (unpaired) electrons. The monoisotopic (exact) mass is 440 g/mol. The molecule has 0 aliphatic carbocycles.